The van der Waals surface area contributed by atoms with Crippen LogP contribution in [0.15, 0.2) is 30.3 Å². The fraction of sp³-hybridized carbons (Fsp3) is 0.429. The lowest BCUT2D eigenvalue weighted by molar-refractivity contribution is -0.151. The molecule has 0 aromatic heterocycles. The molecule has 1 saturated heterocycles. The minimum absolute atomic E-state index is 0.114. The van der Waals surface area contributed by atoms with Crippen LogP contribution in [0.4, 0.5) is 0 Å². The molecule has 0 aliphatic carbocycles. The Kier molecular flexibility index (Phi) is 3.97. The van der Waals surface area contributed by atoms with Crippen molar-refractivity contribution < 1.29 is 19.1 Å². The van der Waals surface area contributed by atoms with Crippen LogP contribution in [0.5, 0.6) is 0 Å². The number of carbonyl (C=O) groups is 2. The number of rotatable bonds is 4. The summed E-state index contributed by atoms with van der Waals surface area (Å²) < 4.78 is 10.2. The molecule has 1 aliphatic rings. The van der Waals surface area contributed by atoms with Crippen LogP contribution in [-0.2, 0) is 25.7 Å². The zero-order valence-corrected chi connectivity index (χ0v) is 10.3. The van der Waals surface area contributed by atoms with Gasteiger partial charge in [0.2, 0.25) is 0 Å². The van der Waals surface area contributed by atoms with Crippen molar-refractivity contribution in [3.63, 3.8) is 0 Å². The van der Waals surface area contributed by atoms with E-state index in [4.69, 9.17) is 9.47 Å². The summed E-state index contributed by atoms with van der Waals surface area (Å²) in [4.78, 5) is 22.7. The van der Waals surface area contributed by atoms with E-state index in [9.17, 15) is 9.59 Å². The molecule has 2 unspecified atom stereocenters. The van der Waals surface area contributed by atoms with Crippen molar-refractivity contribution in [1.29, 1.82) is 0 Å². The van der Waals surface area contributed by atoms with E-state index in [0.717, 1.165) is 5.56 Å². The molecule has 0 saturated carbocycles. The van der Waals surface area contributed by atoms with E-state index in [1.807, 2.05) is 30.3 Å². The van der Waals surface area contributed by atoms with Crippen LogP contribution in [-0.4, -0.2) is 18.0 Å². The Morgan fingerprint density at radius 3 is 2.72 bits per heavy atom. The molecule has 2 rings (SSSR count). The lowest BCUT2D eigenvalue weighted by atomic mass is 10.1. The van der Waals surface area contributed by atoms with Crippen molar-refractivity contribution in [3.8, 4) is 0 Å². The first-order chi connectivity index (χ1) is 8.65. The Morgan fingerprint density at radius 2 is 2.11 bits per heavy atom. The third-order valence-corrected chi connectivity index (χ3v) is 2.94. The fourth-order valence-corrected chi connectivity index (χ4v) is 1.93. The second kappa shape index (κ2) is 5.67. The van der Waals surface area contributed by atoms with Gasteiger partial charge in [0.05, 0.1) is 12.3 Å². The van der Waals surface area contributed by atoms with Gasteiger partial charge in [-0.05, 0) is 12.0 Å². The molecule has 96 valence electrons. The smallest absolute Gasteiger partial charge is 0.309 e. The van der Waals surface area contributed by atoms with E-state index in [0.29, 0.717) is 6.42 Å². The molecule has 1 aliphatic heterocycles. The number of hydrogen-bond donors (Lipinski definition) is 0. The lowest BCUT2D eigenvalue weighted by Gasteiger charge is -2.09. The highest BCUT2D eigenvalue weighted by atomic mass is 16.6. The van der Waals surface area contributed by atoms with Crippen LogP contribution in [0.25, 0.3) is 0 Å². The quantitative estimate of drug-likeness (QED) is 0.765. The molecule has 0 bridgehead atoms. The molecule has 0 radical (unpaired) electrons. The van der Waals surface area contributed by atoms with Crippen LogP contribution in [0.1, 0.15) is 25.3 Å². The van der Waals surface area contributed by atoms with Gasteiger partial charge in [0.15, 0.2) is 0 Å². The summed E-state index contributed by atoms with van der Waals surface area (Å²) in [6.07, 6.45) is 0.415. The van der Waals surface area contributed by atoms with Gasteiger partial charge in [0, 0.05) is 0 Å². The van der Waals surface area contributed by atoms with Crippen molar-refractivity contribution in [2.24, 2.45) is 5.92 Å². The maximum atomic E-state index is 11.6. The second-order valence-corrected chi connectivity index (χ2v) is 4.55. The van der Waals surface area contributed by atoms with E-state index in [1.165, 1.54) is 0 Å². The van der Waals surface area contributed by atoms with Gasteiger partial charge in [-0.2, -0.15) is 0 Å². The molecule has 1 heterocycles. The summed E-state index contributed by atoms with van der Waals surface area (Å²) in [6.45, 7) is 2.06. The van der Waals surface area contributed by atoms with Gasteiger partial charge in [0.1, 0.15) is 12.7 Å². The molecular formula is C14H16O4. The molecule has 2 atom stereocenters. The minimum atomic E-state index is -0.328. The van der Waals surface area contributed by atoms with E-state index < -0.39 is 0 Å². The molecule has 0 spiro atoms. The predicted molar refractivity (Wildman–Crippen MR) is 64.5 cm³/mol. The number of carbonyl (C=O) groups excluding carboxylic acids is 2. The summed E-state index contributed by atoms with van der Waals surface area (Å²) in [5.74, 6) is -0.668. The van der Waals surface area contributed by atoms with Gasteiger partial charge in [-0.1, -0.05) is 37.3 Å². The van der Waals surface area contributed by atoms with Crippen LogP contribution in [0.3, 0.4) is 0 Å². The zero-order valence-electron chi connectivity index (χ0n) is 10.3. The van der Waals surface area contributed by atoms with E-state index in [1.54, 1.807) is 6.92 Å². The summed E-state index contributed by atoms with van der Waals surface area (Å²) in [5.41, 5.74) is 0.947. The van der Waals surface area contributed by atoms with Gasteiger partial charge in [-0.25, -0.2) is 0 Å². The van der Waals surface area contributed by atoms with Crippen LogP contribution >= 0.6 is 0 Å². The van der Waals surface area contributed by atoms with Crippen LogP contribution < -0.4 is 0 Å². The summed E-state index contributed by atoms with van der Waals surface area (Å²) in [5, 5.41) is 0. The Bertz CT molecular complexity index is 427. The second-order valence-electron chi connectivity index (χ2n) is 4.55. The van der Waals surface area contributed by atoms with E-state index in [2.05, 4.69) is 0 Å². The summed E-state index contributed by atoms with van der Waals surface area (Å²) in [7, 11) is 0. The number of hydrogen-bond acceptors (Lipinski definition) is 4. The average Bonchev–Trinajstić information content (AvgIpc) is 2.67. The molecule has 0 N–H and O–H groups in total. The van der Waals surface area contributed by atoms with Gasteiger partial charge in [-0.3, -0.25) is 9.59 Å². The first-order valence-corrected chi connectivity index (χ1v) is 6.05. The maximum absolute atomic E-state index is 11.6. The van der Waals surface area contributed by atoms with Gasteiger partial charge in [0.25, 0.3) is 0 Å². The molecular weight excluding hydrogens is 232 g/mol. The third kappa shape index (κ3) is 3.32. The number of cyclic esters (lactones) is 1. The number of ether oxygens (including phenoxy) is 2. The molecule has 4 nitrogen and oxygen atoms in total. The van der Waals surface area contributed by atoms with Gasteiger partial charge in [-0.15, -0.1) is 0 Å². The maximum Gasteiger partial charge on any atom is 0.309 e. The molecule has 18 heavy (non-hydrogen) atoms. The summed E-state index contributed by atoms with van der Waals surface area (Å²) in [6, 6.07) is 9.48. The van der Waals surface area contributed by atoms with E-state index in [-0.39, 0.29) is 37.0 Å². The normalized spacial score (nSPS) is 22.6. The topological polar surface area (TPSA) is 52.6 Å². The number of benzene rings is 1. The Hall–Kier alpha value is -1.84. The highest BCUT2D eigenvalue weighted by molar-refractivity contribution is 5.76. The molecule has 4 heteroatoms. The molecule has 0 amide bonds. The average molecular weight is 248 g/mol. The van der Waals surface area contributed by atoms with Crippen molar-refractivity contribution >= 4 is 11.9 Å². The zero-order chi connectivity index (χ0) is 13.0. The summed E-state index contributed by atoms with van der Waals surface area (Å²) >= 11 is 0. The molecule has 1 fully saturated rings. The minimum Gasteiger partial charge on any atom is -0.462 e. The molecule has 1 aromatic carbocycles. The van der Waals surface area contributed by atoms with E-state index >= 15 is 0 Å². The Labute approximate surface area is 106 Å². The molecule has 1 aromatic rings. The predicted octanol–water partition coefficient (Wildman–Crippen LogP) is 2.07. The monoisotopic (exact) mass is 248 g/mol. The van der Waals surface area contributed by atoms with Crippen molar-refractivity contribution in [2.45, 2.75) is 32.5 Å². The van der Waals surface area contributed by atoms with Crippen LogP contribution in [0, 0.1) is 5.92 Å². The van der Waals surface area contributed by atoms with Crippen molar-refractivity contribution in [2.75, 3.05) is 0 Å². The highest BCUT2D eigenvalue weighted by Crippen LogP contribution is 2.23. The fourth-order valence-electron chi connectivity index (χ4n) is 1.93. The van der Waals surface area contributed by atoms with Crippen molar-refractivity contribution in [3.05, 3.63) is 35.9 Å². The standard InChI is InChI=1S/C14H16O4/c1-10-7-12(18-14(10)16)8-13(15)17-9-11-5-3-2-4-6-11/h2-6,10,12H,7-9H2,1H3. The first-order valence-electron chi connectivity index (χ1n) is 6.05. The van der Waals surface area contributed by atoms with Crippen LogP contribution in [0.2, 0.25) is 0 Å². The first kappa shape index (κ1) is 12.6. The Morgan fingerprint density at radius 1 is 1.39 bits per heavy atom. The SMILES string of the molecule is CC1CC(CC(=O)OCc2ccccc2)OC1=O. The van der Waals surface area contributed by atoms with Gasteiger partial charge >= 0.3 is 11.9 Å². The highest BCUT2D eigenvalue weighted by Gasteiger charge is 2.32. The van der Waals surface area contributed by atoms with Crippen molar-refractivity contribution in [1.82, 2.24) is 0 Å². The lowest BCUT2D eigenvalue weighted by Crippen LogP contribution is -2.15. The largest absolute Gasteiger partial charge is 0.462 e. The van der Waals surface area contributed by atoms with Gasteiger partial charge < -0.3 is 9.47 Å². The third-order valence-electron chi connectivity index (χ3n) is 2.94. The number of esters is 2. The Balaban J connectivity index is 1.75.